The number of aromatic nitrogens is 1. The number of sulfonamides is 1. The molecule has 1 aromatic heterocycles. The molecule has 3 heterocycles. The summed E-state index contributed by atoms with van der Waals surface area (Å²) in [4.78, 5) is 20.0. The normalized spacial score (nSPS) is 21.1. The molecule has 2 aromatic rings. The molecular formula is C27H29Br2ClN4O3S. The molecule has 0 unspecified atom stereocenters. The number of halogens is 3. The van der Waals surface area contributed by atoms with E-state index in [0.717, 1.165) is 55.9 Å². The predicted molar refractivity (Wildman–Crippen MR) is 156 cm³/mol. The van der Waals surface area contributed by atoms with Crippen LogP contribution in [0.2, 0.25) is 5.02 Å². The Balaban J connectivity index is 1.34. The van der Waals surface area contributed by atoms with Crippen molar-refractivity contribution in [3.63, 3.8) is 0 Å². The molecule has 1 atom stereocenters. The Labute approximate surface area is 245 Å². The number of hydrogen-bond donors (Lipinski definition) is 1. The zero-order chi connectivity index (χ0) is 27.2. The molecule has 1 aliphatic carbocycles. The second-order valence-corrected chi connectivity index (χ2v) is 14.5. The third-order valence-corrected chi connectivity index (χ3v) is 10.0. The Morgan fingerprint density at radius 3 is 2.45 bits per heavy atom. The predicted octanol–water partition coefficient (Wildman–Crippen LogP) is 5.12. The van der Waals surface area contributed by atoms with Gasteiger partial charge in [-0.25, -0.2) is 8.42 Å². The van der Waals surface area contributed by atoms with E-state index in [0.29, 0.717) is 19.0 Å². The van der Waals surface area contributed by atoms with Crippen molar-refractivity contribution >= 4 is 59.4 Å². The van der Waals surface area contributed by atoms with Crippen LogP contribution >= 0.6 is 43.5 Å². The summed E-state index contributed by atoms with van der Waals surface area (Å²) >= 11 is 13.8. The van der Waals surface area contributed by atoms with Crippen molar-refractivity contribution in [2.24, 2.45) is 11.7 Å². The molecule has 2 aliphatic heterocycles. The lowest BCUT2D eigenvalue weighted by Crippen LogP contribution is -2.47. The summed E-state index contributed by atoms with van der Waals surface area (Å²) in [6.07, 6.45) is 12.5. The lowest BCUT2D eigenvalue weighted by Gasteiger charge is -2.38. The maximum atomic E-state index is 13.2. The molecule has 1 aromatic carbocycles. The van der Waals surface area contributed by atoms with Crippen LogP contribution in [0.5, 0.6) is 0 Å². The number of carbonyl (C=O) groups excluding carboxylic acids is 1. The molecule has 1 fully saturated rings. The molecule has 0 spiro atoms. The number of rotatable bonds is 4. The van der Waals surface area contributed by atoms with Gasteiger partial charge in [0.05, 0.1) is 23.9 Å². The van der Waals surface area contributed by atoms with E-state index in [2.05, 4.69) is 44.0 Å². The molecule has 0 saturated carbocycles. The van der Waals surface area contributed by atoms with Gasteiger partial charge in [-0.15, -0.1) is 0 Å². The summed E-state index contributed by atoms with van der Waals surface area (Å²) < 4.78 is 26.6. The van der Waals surface area contributed by atoms with E-state index in [4.69, 9.17) is 22.3 Å². The Hall–Kier alpha value is -1.72. The molecule has 7 nitrogen and oxygen atoms in total. The number of aryl methyl sites for hydroxylation is 2. The highest BCUT2D eigenvalue weighted by Gasteiger charge is 2.37. The first-order chi connectivity index (χ1) is 17.9. The minimum absolute atomic E-state index is 0.0373. The summed E-state index contributed by atoms with van der Waals surface area (Å²) in [5.74, 6) is 0.377. The number of likely N-dealkylation sites (tertiary alicyclic amines) is 1. The maximum absolute atomic E-state index is 13.2. The van der Waals surface area contributed by atoms with Gasteiger partial charge in [-0.2, -0.15) is 0 Å². The molecule has 11 heteroatoms. The van der Waals surface area contributed by atoms with Crippen LogP contribution < -0.4 is 5.73 Å². The van der Waals surface area contributed by atoms with Gasteiger partial charge in [-0.1, -0.05) is 27.5 Å². The fourth-order valence-electron chi connectivity index (χ4n) is 5.75. The van der Waals surface area contributed by atoms with Crippen molar-refractivity contribution in [2.75, 3.05) is 19.3 Å². The van der Waals surface area contributed by atoms with E-state index in [9.17, 15) is 13.2 Å². The molecule has 3 aliphatic rings. The Bertz CT molecular complexity index is 1420. The minimum atomic E-state index is -3.40. The average molecular weight is 685 g/mol. The summed E-state index contributed by atoms with van der Waals surface area (Å²) in [6.45, 7) is 1.26. The van der Waals surface area contributed by atoms with Gasteiger partial charge < -0.3 is 10.6 Å². The van der Waals surface area contributed by atoms with Gasteiger partial charge in [0, 0.05) is 51.6 Å². The number of hydrogen-bond acceptors (Lipinski definition) is 5. The highest BCUT2D eigenvalue weighted by Crippen LogP contribution is 2.46. The smallest absolute Gasteiger partial charge is 0.235 e. The quantitative estimate of drug-likeness (QED) is 0.483. The van der Waals surface area contributed by atoms with Crippen molar-refractivity contribution in [1.82, 2.24) is 14.2 Å². The fourth-order valence-corrected chi connectivity index (χ4v) is 7.82. The topological polar surface area (TPSA) is 96.6 Å². The van der Waals surface area contributed by atoms with Crippen LogP contribution in [0.1, 0.15) is 47.6 Å². The largest absolute Gasteiger partial charge is 0.343 e. The highest BCUT2D eigenvalue weighted by molar-refractivity contribution is 9.10. The number of pyridine rings is 1. The zero-order valence-corrected chi connectivity index (χ0v) is 25.7. The standard InChI is InChI=1S/C27H29Br2ClN4O3S/c1-38(36,37)34-10-6-27(31,7-11-34)15-23(35)33-8-4-17(5-9-33)25-24-18(13-21(30)14-22(24)29)2-3-19-12-20(28)16-32-26(19)25/h6-7,10-14,16-17,25H,2-5,8-9,15,31H2,1H3/t25-/m1/s1. The molecule has 1 amide bonds. The summed E-state index contributed by atoms with van der Waals surface area (Å²) in [5.41, 5.74) is 10.2. The second kappa shape index (κ2) is 10.7. The second-order valence-electron chi connectivity index (χ2n) is 10.4. The third kappa shape index (κ3) is 5.75. The van der Waals surface area contributed by atoms with Crippen LogP contribution in [0.15, 0.2) is 57.9 Å². The molecular weight excluding hydrogens is 656 g/mol. The van der Waals surface area contributed by atoms with Gasteiger partial charge in [-0.05, 0) is 94.6 Å². The Morgan fingerprint density at radius 2 is 1.79 bits per heavy atom. The van der Waals surface area contributed by atoms with Crippen LogP contribution in [0.3, 0.4) is 0 Å². The molecule has 1 saturated heterocycles. The molecule has 0 radical (unpaired) electrons. The molecule has 5 rings (SSSR count). The fraction of sp³-hybridized carbons (Fsp3) is 0.407. The SMILES string of the molecule is CS(=O)(=O)N1C=CC(N)(CC(=O)N2CCC([C@H]3c4ncc(Br)cc4CCc4cc(Cl)cc(Br)c43)CC2)C=C1. The van der Waals surface area contributed by atoms with E-state index in [1.54, 1.807) is 12.2 Å². The number of carbonyl (C=O) groups is 1. The van der Waals surface area contributed by atoms with Crippen LogP contribution in [0, 0.1) is 5.92 Å². The van der Waals surface area contributed by atoms with Crippen molar-refractivity contribution in [2.45, 2.75) is 43.6 Å². The highest BCUT2D eigenvalue weighted by atomic mass is 79.9. The lowest BCUT2D eigenvalue weighted by atomic mass is 9.76. The van der Waals surface area contributed by atoms with Crippen LogP contribution in [0.4, 0.5) is 0 Å². The van der Waals surface area contributed by atoms with Crippen LogP contribution in [-0.2, 0) is 27.7 Å². The van der Waals surface area contributed by atoms with Crippen molar-refractivity contribution in [1.29, 1.82) is 0 Å². The monoisotopic (exact) mass is 682 g/mol. The first-order valence-electron chi connectivity index (χ1n) is 12.5. The lowest BCUT2D eigenvalue weighted by molar-refractivity contribution is -0.133. The molecule has 38 heavy (non-hydrogen) atoms. The maximum Gasteiger partial charge on any atom is 0.235 e. The van der Waals surface area contributed by atoms with Gasteiger partial charge in [0.25, 0.3) is 0 Å². The molecule has 202 valence electrons. The van der Waals surface area contributed by atoms with Crippen LogP contribution in [0.25, 0.3) is 0 Å². The van der Waals surface area contributed by atoms with Gasteiger partial charge >= 0.3 is 0 Å². The van der Waals surface area contributed by atoms with Crippen molar-refractivity contribution in [3.8, 4) is 0 Å². The summed E-state index contributed by atoms with van der Waals surface area (Å²) in [7, 11) is -3.40. The Kier molecular flexibility index (Phi) is 7.83. The number of nitrogens with zero attached hydrogens (tertiary/aromatic N) is 3. The van der Waals surface area contributed by atoms with Gasteiger partial charge in [0.2, 0.25) is 15.9 Å². The van der Waals surface area contributed by atoms with E-state index in [1.807, 2.05) is 17.2 Å². The van der Waals surface area contributed by atoms with E-state index >= 15 is 0 Å². The van der Waals surface area contributed by atoms with Crippen molar-refractivity contribution < 1.29 is 13.2 Å². The van der Waals surface area contributed by atoms with E-state index in [-0.39, 0.29) is 18.2 Å². The van der Waals surface area contributed by atoms with Crippen LogP contribution in [-0.4, -0.2) is 53.4 Å². The summed E-state index contributed by atoms with van der Waals surface area (Å²) in [5, 5.41) is 0.719. The van der Waals surface area contributed by atoms with Gasteiger partial charge in [0.15, 0.2) is 0 Å². The van der Waals surface area contributed by atoms with Crippen molar-refractivity contribution in [3.05, 3.63) is 85.3 Å². The van der Waals surface area contributed by atoms with Gasteiger partial charge in [-0.3, -0.25) is 14.1 Å². The third-order valence-electron chi connectivity index (χ3n) is 7.68. The van der Waals surface area contributed by atoms with E-state index < -0.39 is 15.6 Å². The average Bonchev–Trinajstić information content (AvgIpc) is 3.00. The number of benzene rings is 1. The van der Waals surface area contributed by atoms with E-state index in [1.165, 1.54) is 29.1 Å². The first-order valence-corrected chi connectivity index (χ1v) is 16.3. The molecule has 2 N–H and O–H groups in total. The summed E-state index contributed by atoms with van der Waals surface area (Å²) in [6, 6.07) is 6.21. The number of piperidine rings is 1. The molecule has 0 bridgehead atoms. The zero-order valence-electron chi connectivity index (χ0n) is 20.9. The number of nitrogens with two attached hydrogens (primary N) is 1. The van der Waals surface area contributed by atoms with Gasteiger partial charge in [0.1, 0.15) is 0 Å². The first kappa shape index (κ1) is 27.8. The number of amides is 1. The Morgan fingerprint density at radius 1 is 1.13 bits per heavy atom. The minimum Gasteiger partial charge on any atom is -0.343 e. The number of fused-ring (bicyclic) bond motifs is 2.